The summed E-state index contributed by atoms with van der Waals surface area (Å²) < 4.78 is 68.5. The zero-order valence-electron chi connectivity index (χ0n) is 62.1. The fraction of sp³-hybridized carbons (Fsp3) is 0.947. The van der Waals surface area contributed by atoms with E-state index in [4.69, 9.17) is 37.0 Å². The zero-order valence-corrected chi connectivity index (χ0v) is 63.9. The number of unbranched alkanes of at least 4 members (excludes halogenated alkanes) is 41. The van der Waals surface area contributed by atoms with Crippen molar-refractivity contribution in [1.82, 2.24) is 0 Å². The van der Waals surface area contributed by atoms with E-state index in [1.165, 1.54) is 193 Å². The van der Waals surface area contributed by atoms with Gasteiger partial charge in [-0.15, -0.1) is 0 Å². The number of rotatable bonds is 74. The molecule has 3 N–H and O–H groups in total. The van der Waals surface area contributed by atoms with Gasteiger partial charge in [-0.2, -0.15) is 0 Å². The van der Waals surface area contributed by atoms with Gasteiger partial charge in [0, 0.05) is 25.7 Å². The maximum atomic E-state index is 13.1. The molecule has 3 unspecified atom stereocenters. The Morgan fingerprint density at radius 1 is 0.305 bits per heavy atom. The third-order valence-electron chi connectivity index (χ3n) is 18.0. The smallest absolute Gasteiger partial charge is 0.462 e. The van der Waals surface area contributed by atoms with Crippen LogP contribution in [0.2, 0.25) is 0 Å². The summed E-state index contributed by atoms with van der Waals surface area (Å²) in [7, 11) is -9.91. The summed E-state index contributed by atoms with van der Waals surface area (Å²) in [6.45, 7) is 11.9. The van der Waals surface area contributed by atoms with Crippen LogP contribution in [0, 0.1) is 17.8 Å². The number of hydrogen-bond donors (Lipinski definition) is 3. The first-order valence-electron chi connectivity index (χ1n) is 39.4. The fourth-order valence-corrected chi connectivity index (χ4v) is 13.1. The van der Waals surface area contributed by atoms with Crippen LogP contribution < -0.4 is 0 Å². The lowest BCUT2D eigenvalue weighted by molar-refractivity contribution is -0.161. The lowest BCUT2D eigenvalue weighted by atomic mass is 9.99. The summed E-state index contributed by atoms with van der Waals surface area (Å²) in [6.07, 6.45) is 52.7. The van der Waals surface area contributed by atoms with E-state index in [1.807, 2.05) is 0 Å². The van der Waals surface area contributed by atoms with Crippen LogP contribution in [0.3, 0.4) is 0 Å². The molecule has 0 saturated heterocycles. The Kier molecular flexibility index (Phi) is 65.2. The molecule has 564 valence electrons. The number of aliphatic hydroxyl groups excluding tert-OH is 1. The van der Waals surface area contributed by atoms with Crippen molar-refractivity contribution in [2.75, 3.05) is 39.6 Å². The molecule has 6 atom stereocenters. The van der Waals surface area contributed by atoms with E-state index < -0.39 is 97.5 Å². The van der Waals surface area contributed by atoms with Gasteiger partial charge in [0.25, 0.3) is 0 Å². The number of aliphatic hydroxyl groups is 1. The van der Waals surface area contributed by atoms with Crippen molar-refractivity contribution < 1.29 is 80.2 Å². The highest BCUT2D eigenvalue weighted by atomic mass is 31.2. The van der Waals surface area contributed by atoms with Crippen LogP contribution in [0.15, 0.2) is 0 Å². The standard InChI is InChI=1S/C76H148O17P2/c1-8-10-11-12-13-14-15-16-17-18-19-20-21-22-30-37-45-52-59-75(80)92-71(63-86-73(78)57-50-43-36-29-26-24-28-35-42-49-56-69(7)9-2)65-90-94(82,83)88-61-70(77)62-89-95(84,85)91-66-72(64-87-74(79)58-51-44-39-32-34-41-48-55-68(5)6)93-76(81)60-53-46-38-31-25-23-27-33-40-47-54-67(3)4/h67-72,77H,8-66H2,1-7H3,(H,82,83)(H,84,85)/t69?,70-,71-,72-/m1/s1. The summed E-state index contributed by atoms with van der Waals surface area (Å²) >= 11 is 0. The van der Waals surface area contributed by atoms with Crippen molar-refractivity contribution in [3.05, 3.63) is 0 Å². The topological polar surface area (TPSA) is 237 Å². The molecule has 0 rings (SSSR count). The monoisotopic (exact) mass is 1400 g/mol. The molecule has 0 aromatic carbocycles. The van der Waals surface area contributed by atoms with Crippen LogP contribution in [0.4, 0.5) is 0 Å². The Bertz CT molecular complexity index is 1850. The second-order valence-electron chi connectivity index (χ2n) is 28.6. The molecule has 0 amide bonds. The normalized spacial score (nSPS) is 14.4. The first-order valence-corrected chi connectivity index (χ1v) is 42.4. The van der Waals surface area contributed by atoms with E-state index in [1.54, 1.807) is 0 Å². The van der Waals surface area contributed by atoms with E-state index in [0.717, 1.165) is 108 Å². The summed E-state index contributed by atoms with van der Waals surface area (Å²) in [5.74, 6) is 0.148. The molecule has 0 radical (unpaired) electrons. The van der Waals surface area contributed by atoms with Crippen molar-refractivity contribution in [3.8, 4) is 0 Å². The maximum absolute atomic E-state index is 13.1. The SMILES string of the molecule is CCCCCCCCCCCCCCCCCCCCC(=O)O[C@H](COC(=O)CCCCCCCCCCCCC(C)CC)COP(=O)(O)OC[C@@H](O)COP(=O)(O)OC[C@@H](COC(=O)CCCCCCCCCC(C)C)OC(=O)CCCCCCCCCCCCC(C)C. The zero-order chi connectivity index (χ0) is 70.1. The van der Waals surface area contributed by atoms with Crippen molar-refractivity contribution in [2.24, 2.45) is 17.8 Å². The van der Waals surface area contributed by atoms with Gasteiger partial charge in [-0.25, -0.2) is 9.13 Å². The lowest BCUT2D eigenvalue weighted by Gasteiger charge is -2.21. The Morgan fingerprint density at radius 3 is 0.800 bits per heavy atom. The largest absolute Gasteiger partial charge is 0.472 e. The molecule has 0 aliphatic heterocycles. The third-order valence-corrected chi connectivity index (χ3v) is 19.9. The van der Waals surface area contributed by atoms with Gasteiger partial charge in [-0.3, -0.25) is 37.3 Å². The minimum atomic E-state index is -4.96. The summed E-state index contributed by atoms with van der Waals surface area (Å²) in [5.41, 5.74) is 0. The molecule has 95 heavy (non-hydrogen) atoms. The van der Waals surface area contributed by atoms with Gasteiger partial charge in [0.1, 0.15) is 19.3 Å². The van der Waals surface area contributed by atoms with Crippen LogP contribution in [-0.2, 0) is 65.4 Å². The van der Waals surface area contributed by atoms with Crippen LogP contribution in [0.5, 0.6) is 0 Å². The molecule has 19 heteroatoms. The van der Waals surface area contributed by atoms with Gasteiger partial charge in [0.05, 0.1) is 26.4 Å². The molecule has 0 aliphatic carbocycles. The predicted octanol–water partition coefficient (Wildman–Crippen LogP) is 22.2. The van der Waals surface area contributed by atoms with Crippen molar-refractivity contribution in [1.29, 1.82) is 0 Å². The highest BCUT2D eigenvalue weighted by Crippen LogP contribution is 2.45. The molecule has 0 fully saturated rings. The van der Waals surface area contributed by atoms with Crippen LogP contribution in [-0.4, -0.2) is 96.7 Å². The number of hydrogen-bond acceptors (Lipinski definition) is 15. The van der Waals surface area contributed by atoms with Gasteiger partial charge >= 0.3 is 39.5 Å². The molecule has 0 aromatic heterocycles. The number of phosphoric acid groups is 2. The van der Waals surface area contributed by atoms with Crippen molar-refractivity contribution in [3.63, 3.8) is 0 Å². The van der Waals surface area contributed by atoms with E-state index in [0.29, 0.717) is 31.6 Å². The molecule has 0 saturated carbocycles. The number of esters is 4. The Labute approximate surface area is 581 Å². The van der Waals surface area contributed by atoms with E-state index in [2.05, 4.69) is 48.5 Å². The average molecular weight is 1400 g/mol. The molecule has 0 aromatic rings. The quantitative estimate of drug-likeness (QED) is 0.0222. The lowest BCUT2D eigenvalue weighted by Crippen LogP contribution is -2.30. The van der Waals surface area contributed by atoms with Gasteiger partial charge in [-0.1, -0.05) is 337 Å². The summed E-state index contributed by atoms with van der Waals surface area (Å²) in [5, 5.41) is 10.6. The molecule has 0 aliphatic rings. The summed E-state index contributed by atoms with van der Waals surface area (Å²) in [6, 6.07) is 0. The number of ether oxygens (including phenoxy) is 4. The van der Waals surface area contributed by atoms with Gasteiger partial charge in [0.2, 0.25) is 0 Å². The Hall–Kier alpha value is -1.94. The highest BCUT2D eigenvalue weighted by Gasteiger charge is 2.30. The number of carbonyl (C=O) groups excluding carboxylic acids is 4. The minimum Gasteiger partial charge on any atom is -0.462 e. The van der Waals surface area contributed by atoms with Crippen molar-refractivity contribution >= 4 is 39.5 Å². The van der Waals surface area contributed by atoms with Crippen LogP contribution in [0.25, 0.3) is 0 Å². The number of phosphoric ester groups is 2. The van der Waals surface area contributed by atoms with Crippen LogP contribution >= 0.6 is 15.6 Å². The molecular formula is C76H148O17P2. The maximum Gasteiger partial charge on any atom is 0.472 e. The average Bonchev–Trinajstić information content (AvgIpc) is 1.83. The Morgan fingerprint density at radius 2 is 0.537 bits per heavy atom. The minimum absolute atomic E-state index is 0.105. The number of carbonyl (C=O) groups is 4. The Balaban J connectivity index is 5.25. The van der Waals surface area contributed by atoms with Crippen LogP contribution in [0.1, 0.15) is 389 Å². The molecular weight excluding hydrogens is 1250 g/mol. The second kappa shape index (κ2) is 66.6. The highest BCUT2D eigenvalue weighted by molar-refractivity contribution is 7.47. The van der Waals surface area contributed by atoms with E-state index in [-0.39, 0.29) is 25.7 Å². The fourth-order valence-electron chi connectivity index (χ4n) is 11.6. The van der Waals surface area contributed by atoms with Gasteiger partial charge < -0.3 is 33.8 Å². The predicted molar refractivity (Wildman–Crippen MR) is 386 cm³/mol. The second-order valence-corrected chi connectivity index (χ2v) is 31.5. The van der Waals surface area contributed by atoms with E-state index >= 15 is 0 Å². The first kappa shape index (κ1) is 93.1. The summed E-state index contributed by atoms with van der Waals surface area (Å²) in [4.78, 5) is 72.8. The molecule has 0 spiro atoms. The first-order chi connectivity index (χ1) is 45.8. The molecule has 0 heterocycles. The van der Waals surface area contributed by atoms with E-state index in [9.17, 15) is 43.2 Å². The molecule has 0 bridgehead atoms. The third kappa shape index (κ3) is 69.0. The molecule has 17 nitrogen and oxygen atoms in total. The van der Waals surface area contributed by atoms with Gasteiger partial charge in [-0.05, 0) is 43.4 Å². The van der Waals surface area contributed by atoms with Gasteiger partial charge in [0.15, 0.2) is 12.2 Å². The van der Waals surface area contributed by atoms with Crippen molar-refractivity contribution in [2.45, 2.75) is 407 Å².